The number of hydrogen-bond acceptors (Lipinski definition) is 4. The lowest BCUT2D eigenvalue weighted by Gasteiger charge is -2.23. The molecule has 4 heteroatoms. The summed E-state index contributed by atoms with van der Waals surface area (Å²) >= 11 is 0. The molecule has 0 aromatic heterocycles. The zero-order chi connectivity index (χ0) is 14.0. The monoisotopic (exact) mass is 271 g/mol. The molecule has 2 saturated heterocycles. The Morgan fingerprint density at radius 1 is 1.45 bits per heavy atom. The summed E-state index contributed by atoms with van der Waals surface area (Å²) in [6.07, 6.45) is 2.60. The van der Waals surface area contributed by atoms with Crippen LogP contribution in [0.2, 0.25) is 0 Å². The minimum absolute atomic E-state index is 0.511. The lowest BCUT2D eigenvalue weighted by molar-refractivity contribution is 0.268. The topological polar surface area (TPSA) is 48.3 Å². The van der Waals surface area contributed by atoms with E-state index in [9.17, 15) is 0 Å². The van der Waals surface area contributed by atoms with E-state index in [1.807, 2.05) is 18.2 Å². The van der Waals surface area contributed by atoms with Crippen LogP contribution in [0.4, 0.5) is 0 Å². The number of nitriles is 1. The van der Waals surface area contributed by atoms with Crippen molar-refractivity contribution in [2.45, 2.75) is 19.4 Å². The predicted molar refractivity (Wildman–Crippen MR) is 77.5 cm³/mol. The molecule has 3 rings (SSSR count). The van der Waals surface area contributed by atoms with Gasteiger partial charge in [-0.15, -0.1) is 0 Å². The molecule has 1 N–H and O–H groups in total. The van der Waals surface area contributed by atoms with Gasteiger partial charge in [-0.25, -0.2) is 0 Å². The summed E-state index contributed by atoms with van der Waals surface area (Å²) in [4.78, 5) is 2.52. The molecule has 0 radical (unpaired) electrons. The molecule has 106 valence electrons. The van der Waals surface area contributed by atoms with E-state index in [0.717, 1.165) is 6.54 Å². The van der Waals surface area contributed by atoms with E-state index < -0.39 is 0 Å². The van der Waals surface area contributed by atoms with Gasteiger partial charge < -0.3 is 10.1 Å². The fourth-order valence-corrected chi connectivity index (χ4v) is 3.49. The third-order valence-electron chi connectivity index (χ3n) is 4.64. The summed E-state index contributed by atoms with van der Waals surface area (Å²) in [5.74, 6) is 0.682. The van der Waals surface area contributed by atoms with Crippen LogP contribution >= 0.6 is 0 Å². The molecule has 2 aliphatic rings. The zero-order valence-corrected chi connectivity index (χ0v) is 12.0. The van der Waals surface area contributed by atoms with Crippen molar-refractivity contribution < 1.29 is 4.74 Å². The van der Waals surface area contributed by atoms with Gasteiger partial charge in [0, 0.05) is 19.6 Å². The molecule has 0 amide bonds. The van der Waals surface area contributed by atoms with E-state index in [-0.39, 0.29) is 0 Å². The molecule has 2 heterocycles. The summed E-state index contributed by atoms with van der Waals surface area (Å²) in [6, 6.07) is 8.06. The van der Waals surface area contributed by atoms with Gasteiger partial charge in [0.2, 0.25) is 0 Å². The van der Waals surface area contributed by atoms with Crippen LogP contribution in [0.15, 0.2) is 18.2 Å². The quantitative estimate of drug-likeness (QED) is 0.910. The molecular formula is C16H21N3O. The molecule has 1 aromatic carbocycles. The van der Waals surface area contributed by atoms with Crippen molar-refractivity contribution in [3.8, 4) is 11.8 Å². The second-order valence-electron chi connectivity index (χ2n) is 6.03. The second-order valence-corrected chi connectivity index (χ2v) is 6.03. The summed E-state index contributed by atoms with van der Waals surface area (Å²) in [7, 11) is 1.62. The Labute approximate surface area is 120 Å². The molecule has 1 atom stereocenters. The average molecular weight is 271 g/mol. The van der Waals surface area contributed by atoms with Crippen molar-refractivity contribution in [3.05, 3.63) is 29.3 Å². The van der Waals surface area contributed by atoms with Crippen LogP contribution in [0.25, 0.3) is 0 Å². The Bertz CT molecular complexity index is 529. The van der Waals surface area contributed by atoms with Crippen LogP contribution < -0.4 is 10.1 Å². The van der Waals surface area contributed by atoms with Crippen molar-refractivity contribution in [3.63, 3.8) is 0 Å². The van der Waals surface area contributed by atoms with Crippen LogP contribution in [0.3, 0.4) is 0 Å². The van der Waals surface area contributed by atoms with Gasteiger partial charge in [-0.1, -0.05) is 6.07 Å². The maximum atomic E-state index is 9.02. The van der Waals surface area contributed by atoms with Gasteiger partial charge in [0.25, 0.3) is 0 Å². The zero-order valence-electron chi connectivity index (χ0n) is 12.0. The lowest BCUT2D eigenvalue weighted by atomic mass is 9.86. The average Bonchev–Trinajstić information content (AvgIpc) is 3.09. The van der Waals surface area contributed by atoms with Gasteiger partial charge in [0.05, 0.1) is 12.7 Å². The highest BCUT2D eigenvalue weighted by Crippen LogP contribution is 2.36. The Kier molecular flexibility index (Phi) is 3.64. The smallest absolute Gasteiger partial charge is 0.136 e. The van der Waals surface area contributed by atoms with Crippen molar-refractivity contribution >= 4 is 0 Å². The van der Waals surface area contributed by atoms with E-state index in [1.54, 1.807) is 7.11 Å². The maximum absolute atomic E-state index is 9.02. The summed E-state index contributed by atoms with van der Waals surface area (Å²) in [5.41, 5.74) is 2.34. The molecule has 1 spiro atoms. The molecular weight excluding hydrogens is 250 g/mol. The van der Waals surface area contributed by atoms with E-state index in [2.05, 4.69) is 16.3 Å². The number of ether oxygens (including phenoxy) is 1. The van der Waals surface area contributed by atoms with Gasteiger partial charge in [0.15, 0.2) is 0 Å². The molecule has 1 aromatic rings. The number of hydrogen-bond donors (Lipinski definition) is 1. The summed E-state index contributed by atoms with van der Waals surface area (Å²) in [6.45, 7) is 5.63. The number of nitrogens with one attached hydrogen (secondary N) is 1. The first-order valence-electron chi connectivity index (χ1n) is 7.25. The fourth-order valence-electron chi connectivity index (χ4n) is 3.49. The molecule has 4 nitrogen and oxygen atoms in total. The maximum Gasteiger partial charge on any atom is 0.136 e. The van der Waals surface area contributed by atoms with Crippen molar-refractivity contribution in [2.24, 2.45) is 5.41 Å². The van der Waals surface area contributed by atoms with Crippen LogP contribution in [0.5, 0.6) is 5.75 Å². The van der Waals surface area contributed by atoms with Crippen molar-refractivity contribution in [1.82, 2.24) is 10.2 Å². The van der Waals surface area contributed by atoms with E-state index in [4.69, 9.17) is 10.00 Å². The molecule has 0 saturated carbocycles. The second kappa shape index (κ2) is 5.43. The first kappa shape index (κ1) is 13.4. The normalized spacial score (nSPS) is 26.0. The van der Waals surface area contributed by atoms with Crippen LogP contribution in [-0.2, 0) is 6.54 Å². The predicted octanol–water partition coefficient (Wildman–Crippen LogP) is 1.75. The van der Waals surface area contributed by atoms with E-state index >= 15 is 0 Å². The Morgan fingerprint density at radius 3 is 3.05 bits per heavy atom. The minimum Gasteiger partial charge on any atom is -0.495 e. The van der Waals surface area contributed by atoms with Crippen LogP contribution in [0, 0.1) is 16.7 Å². The van der Waals surface area contributed by atoms with E-state index in [0.29, 0.717) is 16.7 Å². The Morgan fingerprint density at radius 2 is 2.35 bits per heavy atom. The lowest BCUT2D eigenvalue weighted by Crippen LogP contribution is -2.28. The van der Waals surface area contributed by atoms with Crippen LogP contribution in [0.1, 0.15) is 24.0 Å². The summed E-state index contributed by atoms with van der Waals surface area (Å²) < 4.78 is 5.28. The first-order chi connectivity index (χ1) is 9.74. The van der Waals surface area contributed by atoms with Gasteiger partial charge in [-0.2, -0.15) is 5.26 Å². The first-order valence-corrected chi connectivity index (χ1v) is 7.25. The fraction of sp³-hybridized carbons (Fsp3) is 0.562. The largest absolute Gasteiger partial charge is 0.495 e. The standard InChI is InChI=1S/C16H21N3O/c1-20-15-8-13(2-3-14(15)9-17)10-19-7-5-16(12-19)4-6-18-11-16/h2-3,8,18H,4-7,10-12H2,1H3. The summed E-state index contributed by atoms with van der Waals surface area (Å²) in [5, 5.41) is 12.5. The molecule has 0 bridgehead atoms. The van der Waals surface area contributed by atoms with Crippen molar-refractivity contribution in [2.75, 3.05) is 33.3 Å². The highest BCUT2D eigenvalue weighted by atomic mass is 16.5. The van der Waals surface area contributed by atoms with Crippen LogP contribution in [-0.4, -0.2) is 38.2 Å². The molecule has 2 fully saturated rings. The number of nitrogens with zero attached hydrogens (tertiary/aromatic N) is 2. The number of methoxy groups -OCH3 is 1. The third kappa shape index (κ3) is 2.52. The number of likely N-dealkylation sites (tertiary alicyclic amines) is 1. The Balaban J connectivity index is 1.68. The molecule has 2 aliphatic heterocycles. The highest BCUT2D eigenvalue weighted by Gasteiger charge is 2.39. The SMILES string of the molecule is COc1cc(CN2CCC3(CCNC3)C2)ccc1C#N. The minimum atomic E-state index is 0.511. The number of rotatable bonds is 3. The molecule has 1 unspecified atom stereocenters. The number of benzene rings is 1. The molecule has 20 heavy (non-hydrogen) atoms. The van der Waals surface area contributed by atoms with Gasteiger partial charge >= 0.3 is 0 Å². The van der Waals surface area contributed by atoms with Gasteiger partial charge in [0.1, 0.15) is 11.8 Å². The Hall–Kier alpha value is -1.57. The van der Waals surface area contributed by atoms with Crippen molar-refractivity contribution in [1.29, 1.82) is 5.26 Å². The van der Waals surface area contributed by atoms with E-state index in [1.165, 1.54) is 44.6 Å². The molecule has 0 aliphatic carbocycles. The van der Waals surface area contributed by atoms with Gasteiger partial charge in [-0.3, -0.25) is 4.90 Å². The highest BCUT2D eigenvalue weighted by molar-refractivity contribution is 5.45. The third-order valence-corrected chi connectivity index (χ3v) is 4.64. The van der Waals surface area contributed by atoms with Gasteiger partial charge in [-0.05, 0) is 49.0 Å².